The fourth-order valence-corrected chi connectivity index (χ4v) is 4.10. The highest BCUT2D eigenvalue weighted by Gasteiger charge is 2.26. The summed E-state index contributed by atoms with van der Waals surface area (Å²) in [5.41, 5.74) is 2.62. The Morgan fingerprint density at radius 2 is 1.76 bits per heavy atom. The van der Waals surface area contributed by atoms with Crippen LogP contribution in [-0.2, 0) is 13.0 Å². The van der Waals surface area contributed by atoms with E-state index in [1.165, 1.54) is 11.1 Å². The Balaban J connectivity index is 1.50. The van der Waals surface area contributed by atoms with Gasteiger partial charge in [0.25, 0.3) is 0 Å². The summed E-state index contributed by atoms with van der Waals surface area (Å²) >= 11 is 0. The largest absolute Gasteiger partial charge is 0.491 e. The smallest absolute Gasteiger partial charge is 0.119 e. The SMILES string of the molecule is OCCOc1cccc(CN2CCN(CCCc3ccccc3)C(CCO)C2)c1. The molecule has 0 aliphatic carbocycles. The number of aliphatic hydroxyl groups is 2. The van der Waals surface area contributed by atoms with Gasteiger partial charge in [-0.25, -0.2) is 0 Å². The Labute approximate surface area is 174 Å². The van der Waals surface area contributed by atoms with Crippen LogP contribution in [-0.4, -0.2) is 72.1 Å². The second kappa shape index (κ2) is 11.9. The van der Waals surface area contributed by atoms with E-state index in [0.717, 1.165) is 57.7 Å². The van der Waals surface area contributed by atoms with Crippen molar-refractivity contribution in [1.82, 2.24) is 9.80 Å². The molecule has 5 heteroatoms. The summed E-state index contributed by atoms with van der Waals surface area (Å²) in [5.74, 6) is 0.808. The molecule has 0 amide bonds. The van der Waals surface area contributed by atoms with E-state index in [2.05, 4.69) is 52.3 Å². The molecule has 0 bridgehead atoms. The zero-order valence-corrected chi connectivity index (χ0v) is 17.2. The third kappa shape index (κ3) is 7.12. The molecular weight excluding hydrogens is 364 g/mol. The van der Waals surface area contributed by atoms with Crippen molar-refractivity contribution in [3.8, 4) is 5.75 Å². The van der Waals surface area contributed by atoms with Crippen LogP contribution in [0.1, 0.15) is 24.0 Å². The molecule has 0 radical (unpaired) electrons. The van der Waals surface area contributed by atoms with Crippen LogP contribution >= 0.6 is 0 Å². The Kier molecular flexibility index (Phi) is 8.96. The minimum Gasteiger partial charge on any atom is -0.491 e. The average Bonchev–Trinajstić information content (AvgIpc) is 2.75. The molecular formula is C24H34N2O3. The van der Waals surface area contributed by atoms with Crippen LogP contribution in [0.4, 0.5) is 0 Å². The monoisotopic (exact) mass is 398 g/mol. The summed E-state index contributed by atoms with van der Waals surface area (Å²) in [6.45, 7) is 5.61. The molecule has 2 aromatic carbocycles. The zero-order valence-electron chi connectivity index (χ0n) is 17.2. The first-order valence-electron chi connectivity index (χ1n) is 10.7. The lowest BCUT2D eigenvalue weighted by Crippen LogP contribution is -2.53. The lowest BCUT2D eigenvalue weighted by atomic mass is 10.1. The molecule has 1 fully saturated rings. The lowest BCUT2D eigenvalue weighted by molar-refractivity contribution is 0.0546. The van der Waals surface area contributed by atoms with E-state index in [4.69, 9.17) is 9.84 Å². The molecule has 1 unspecified atom stereocenters. The molecule has 1 heterocycles. The van der Waals surface area contributed by atoms with Crippen LogP contribution < -0.4 is 4.74 Å². The topological polar surface area (TPSA) is 56.2 Å². The van der Waals surface area contributed by atoms with E-state index in [1.807, 2.05) is 12.1 Å². The first kappa shape index (κ1) is 21.8. The van der Waals surface area contributed by atoms with Gasteiger partial charge < -0.3 is 14.9 Å². The van der Waals surface area contributed by atoms with Gasteiger partial charge in [-0.2, -0.15) is 0 Å². The van der Waals surface area contributed by atoms with Crippen molar-refractivity contribution in [1.29, 1.82) is 0 Å². The van der Waals surface area contributed by atoms with Gasteiger partial charge in [0.05, 0.1) is 6.61 Å². The second-order valence-corrected chi connectivity index (χ2v) is 7.75. The molecule has 0 spiro atoms. The van der Waals surface area contributed by atoms with Gasteiger partial charge in [0.1, 0.15) is 12.4 Å². The summed E-state index contributed by atoms with van der Waals surface area (Å²) in [6.07, 6.45) is 3.07. The third-order valence-corrected chi connectivity index (χ3v) is 5.57. The maximum absolute atomic E-state index is 9.55. The highest BCUT2D eigenvalue weighted by molar-refractivity contribution is 5.28. The molecule has 2 aromatic rings. The van der Waals surface area contributed by atoms with Crippen molar-refractivity contribution in [2.24, 2.45) is 0 Å². The highest BCUT2D eigenvalue weighted by Crippen LogP contribution is 2.19. The molecule has 1 aliphatic rings. The van der Waals surface area contributed by atoms with Crippen molar-refractivity contribution in [3.05, 3.63) is 65.7 Å². The molecule has 1 aliphatic heterocycles. The van der Waals surface area contributed by atoms with Crippen molar-refractivity contribution < 1.29 is 14.9 Å². The number of hydrogen-bond acceptors (Lipinski definition) is 5. The first-order chi connectivity index (χ1) is 14.3. The van der Waals surface area contributed by atoms with Crippen LogP contribution in [0.3, 0.4) is 0 Å². The van der Waals surface area contributed by atoms with Gasteiger partial charge in [0.2, 0.25) is 0 Å². The average molecular weight is 399 g/mol. The normalized spacial score (nSPS) is 18.1. The Morgan fingerprint density at radius 3 is 2.55 bits per heavy atom. The fourth-order valence-electron chi connectivity index (χ4n) is 4.10. The summed E-state index contributed by atoms with van der Waals surface area (Å²) in [5, 5.41) is 18.5. The van der Waals surface area contributed by atoms with Crippen molar-refractivity contribution in [2.75, 3.05) is 46.0 Å². The minimum atomic E-state index is 0.0271. The molecule has 158 valence electrons. The second-order valence-electron chi connectivity index (χ2n) is 7.75. The Bertz CT molecular complexity index is 710. The number of benzene rings is 2. The third-order valence-electron chi connectivity index (χ3n) is 5.57. The molecule has 5 nitrogen and oxygen atoms in total. The number of ether oxygens (including phenoxy) is 1. The van der Waals surface area contributed by atoms with E-state index in [1.54, 1.807) is 0 Å². The first-order valence-corrected chi connectivity index (χ1v) is 10.7. The van der Waals surface area contributed by atoms with E-state index in [0.29, 0.717) is 12.6 Å². The van der Waals surface area contributed by atoms with Gasteiger partial charge in [-0.1, -0.05) is 42.5 Å². The highest BCUT2D eigenvalue weighted by atomic mass is 16.5. The summed E-state index contributed by atoms with van der Waals surface area (Å²) in [7, 11) is 0. The van der Waals surface area contributed by atoms with Gasteiger partial charge in [0, 0.05) is 38.8 Å². The van der Waals surface area contributed by atoms with E-state index < -0.39 is 0 Å². The number of rotatable bonds is 11. The molecule has 0 saturated carbocycles. The number of hydrogen-bond donors (Lipinski definition) is 2. The van der Waals surface area contributed by atoms with E-state index in [9.17, 15) is 5.11 Å². The maximum Gasteiger partial charge on any atom is 0.119 e. The Hall–Kier alpha value is -1.92. The van der Waals surface area contributed by atoms with Crippen LogP contribution in [0, 0.1) is 0 Å². The predicted molar refractivity (Wildman–Crippen MR) is 116 cm³/mol. The number of nitrogens with zero attached hydrogens (tertiary/aromatic N) is 2. The van der Waals surface area contributed by atoms with Crippen molar-refractivity contribution in [2.45, 2.75) is 31.8 Å². The van der Waals surface area contributed by atoms with Crippen LogP contribution in [0.2, 0.25) is 0 Å². The van der Waals surface area contributed by atoms with E-state index in [-0.39, 0.29) is 13.2 Å². The van der Waals surface area contributed by atoms with Gasteiger partial charge in [-0.05, 0) is 49.1 Å². The molecule has 1 saturated heterocycles. The summed E-state index contributed by atoms with van der Waals surface area (Å²) in [6, 6.07) is 19.2. The summed E-state index contributed by atoms with van der Waals surface area (Å²) < 4.78 is 5.53. The number of piperazine rings is 1. The number of aliphatic hydroxyl groups excluding tert-OH is 2. The molecule has 0 aromatic heterocycles. The van der Waals surface area contributed by atoms with Crippen LogP contribution in [0.5, 0.6) is 5.75 Å². The molecule has 2 N–H and O–H groups in total. The standard InChI is InChI=1S/C24H34N2O3/c27-15-11-23-20-25(19-22-8-4-10-24(18-22)29-17-16-28)13-14-26(23)12-5-9-21-6-2-1-3-7-21/h1-4,6-8,10,18,23,27-28H,5,9,11-17,19-20H2. The van der Waals surface area contributed by atoms with Crippen molar-refractivity contribution >= 4 is 0 Å². The van der Waals surface area contributed by atoms with Crippen molar-refractivity contribution in [3.63, 3.8) is 0 Å². The fraction of sp³-hybridized carbons (Fsp3) is 0.500. The summed E-state index contributed by atoms with van der Waals surface area (Å²) in [4.78, 5) is 5.02. The zero-order chi connectivity index (χ0) is 20.3. The van der Waals surface area contributed by atoms with Gasteiger partial charge in [-0.15, -0.1) is 0 Å². The van der Waals surface area contributed by atoms with Gasteiger partial charge in [0.15, 0.2) is 0 Å². The lowest BCUT2D eigenvalue weighted by Gasteiger charge is -2.41. The molecule has 1 atom stereocenters. The van der Waals surface area contributed by atoms with Gasteiger partial charge >= 0.3 is 0 Å². The van der Waals surface area contributed by atoms with Gasteiger partial charge in [-0.3, -0.25) is 9.80 Å². The molecule has 29 heavy (non-hydrogen) atoms. The maximum atomic E-state index is 9.55. The number of aryl methyl sites for hydroxylation is 1. The van der Waals surface area contributed by atoms with E-state index >= 15 is 0 Å². The minimum absolute atomic E-state index is 0.0271. The molecule has 3 rings (SSSR count). The quantitative estimate of drug-likeness (QED) is 0.609. The van der Waals surface area contributed by atoms with Crippen LogP contribution in [0.25, 0.3) is 0 Å². The Morgan fingerprint density at radius 1 is 0.931 bits per heavy atom. The predicted octanol–water partition coefficient (Wildman–Crippen LogP) is 2.56. The van der Waals surface area contributed by atoms with Crippen LogP contribution in [0.15, 0.2) is 54.6 Å².